The Labute approximate surface area is 119 Å². The zero-order chi connectivity index (χ0) is 15.2. The van der Waals surface area contributed by atoms with Gasteiger partial charge in [0.15, 0.2) is 6.54 Å². The molecule has 0 saturated carbocycles. The van der Waals surface area contributed by atoms with Crippen molar-refractivity contribution in [1.29, 1.82) is 0 Å². The van der Waals surface area contributed by atoms with E-state index < -0.39 is 21.8 Å². The number of nitrogens with zero attached hydrogens (tertiary/aromatic N) is 1. The van der Waals surface area contributed by atoms with E-state index in [4.69, 9.17) is 4.74 Å². The lowest BCUT2D eigenvalue weighted by atomic mass is 10.2. The summed E-state index contributed by atoms with van der Waals surface area (Å²) in [6.45, 7) is 0.272. The maximum atomic E-state index is 11.7. The third-order valence-electron chi connectivity index (χ3n) is 2.75. The normalized spacial score (nSPS) is 12.2. The molecule has 0 aliphatic carbocycles. The van der Waals surface area contributed by atoms with Gasteiger partial charge in [0.25, 0.3) is 0 Å². The topological polar surface area (TPSA) is 83.5 Å². The van der Waals surface area contributed by atoms with E-state index in [1.54, 1.807) is 14.1 Å². The van der Waals surface area contributed by atoms with E-state index in [0.29, 0.717) is 0 Å². The summed E-state index contributed by atoms with van der Waals surface area (Å²) in [5, 5.41) is 0. The SMILES string of the molecule is C[N+](C)(CCS(=O)(=O)[O-])CC(=O)OCc1ccccc1. The summed E-state index contributed by atoms with van der Waals surface area (Å²) in [5.41, 5.74) is 0.883. The Hall–Kier alpha value is -1.44. The lowest BCUT2D eigenvalue weighted by molar-refractivity contribution is -0.880. The maximum absolute atomic E-state index is 11.7. The van der Waals surface area contributed by atoms with Gasteiger partial charge in [0.05, 0.1) is 26.4 Å². The lowest BCUT2D eigenvalue weighted by Crippen LogP contribution is -2.47. The summed E-state index contributed by atoms with van der Waals surface area (Å²) in [6.07, 6.45) is 0. The van der Waals surface area contributed by atoms with E-state index in [2.05, 4.69) is 0 Å². The first-order chi connectivity index (χ1) is 9.18. The molecule has 112 valence electrons. The Balaban J connectivity index is 2.41. The van der Waals surface area contributed by atoms with E-state index in [-0.39, 0.29) is 24.2 Å². The quantitative estimate of drug-likeness (QED) is 0.412. The number of hydrogen-bond donors (Lipinski definition) is 0. The maximum Gasteiger partial charge on any atom is 0.362 e. The fraction of sp³-hybridized carbons (Fsp3) is 0.462. The van der Waals surface area contributed by atoms with Gasteiger partial charge in [-0.1, -0.05) is 30.3 Å². The molecule has 1 rings (SSSR count). The molecule has 0 aliphatic heterocycles. The van der Waals surface area contributed by atoms with Crippen LogP contribution >= 0.6 is 0 Å². The Morgan fingerprint density at radius 1 is 1.25 bits per heavy atom. The minimum Gasteiger partial charge on any atom is -0.748 e. The van der Waals surface area contributed by atoms with E-state index >= 15 is 0 Å². The van der Waals surface area contributed by atoms with Crippen molar-refractivity contribution in [2.75, 3.05) is 32.9 Å². The van der Waals surface area contributed by atoms with Crippen LogP contribution in [0.3, 0.4) is 0 Å². The Morgan fingerprint density at radius 2 is 1.85 bits per heavy atom. The fourth-order valence-corrected chi connectivity index (χ4v) is 2.29. The largest absolute Gasteiger partial charge is 0.748 e. The molecule has 1 aromatic carbocycles. The van der Waals surface area contributed by atoms with Gasteiger partial charge in [0.1, 0.15) is 16.7 Å². The number of rotatable bonds is 7. The van der Waals surface area contributed by atoms with Crippen LogP contribution in [0.1, 0.15) is 5.56 Å². The van der Waals surface area contributed by atoms with E-state index in [0.717, 1.165) is 5.56 Å². The number of carbonyl (C=O) groups is 1. The van der Waals surface area contributed by atoms with Gasteiger partial charge in [-0.3, -0.25) is 0 Å². The summed E-state index contributed by atoms with van der Waals surface area (Å²) in [5.74, 6) is -0.923. The minimum absolute atomic E-state index is 0.0162. The first kappa shape index (κ1) is 16.6. The van der Waals surface area contributed by atoms with Crippen molar-refractivity contribution in [3.63, 3.8) is 0 Å². The highest BCUT2D eigenvalue weighted by atomic mass is 32.2. The van der Waals surface area contributed by atoms with Gasteiger partial charge in [0.2, 0.25) is 0 Å². The average molecular weight is 301 g/mol. The van der Waals surface area contributed by atoms with Gasteiger partial charge in [-0.2, -0.15) is 0 Å². The molecule has 0 radical (unpaired) electrons. The number of quaternary nitrogens is 1. The molecule has 0 atom stereocenters. The second kappa shape index (κ2) is 6.83. The van der Waals surface area contributed by atoms with Crippen molar-refractivity contribution in [3.8, 4) is 0 Å². The van der Waals surface area contributed by atoms with Gasteiger partial charge in [-0.25, -0.2) is 13.2 Å². The molecule has 0 amide bonds. The van der Waals surface area contributed by atoms with Gasteiger partial charge in [-0.05, 0) is 5.56 Å². The van der Waals surface area contributed by atoms with Crippen molar-refractivity contribution in [3.05, 3.63) is 35.9 Å². The molecule has 0 N–H and O–H groups in total. The van der Waals surface area contributed by atoms with E-state index in [9.17, 15) is 17.8 Å². The molecule has 0 aliphatic rings. The van der Waals surface area contributed by atoms with Crippen LogP contribution in [-0.4, -0.2) is 56.4 Å². The van der Waals surface area contributed by atoms with Gasteiger partial charge < -0.3 is 13.8 Å². The highest BCUT2D eigenvalue weighted by molar-refractivity contribution is 7.85. The monoisotopic (exact) mass is 301 g/mol. The molecular weight excluding hydrogens is 282 g/mol. The van der Waals surface area contributed by atoms with E-state index in [1.807, 2.05) is 30.3 Å². The molecule has 7 heteroatoms. The number of carbonyl (C=O) groups excluding carboxylic acids is 1. The van der Waals surface area contributed by atoms with Crippen molar-refractivity contribution in [2.24, 2.45) is 0 Å². The first-order valence-electron chi connectivity index (χ1n) is 6.13. The van der Waals surface area contributed by atoms with Crippen LogP contribution < -0.4 is 0 Å². The lowest BCUT2D eigenvalue weighted by Gasteiger charge is -2.28. The zero-order valence-corrected chi connectivity index (χ0v) is 12.4. The van der Waals surface area contributed by atoms with Crippen molar-refractivity contribution < 1.29 is 27.0 Å². The van der Waals surface area contributed by atoms with Crippen molar-refractivity contribution >= 4 is 16.1 Å². The van der Waals surface area contributed by atoms with E-state index in [1.165, 1.54) is 0 Å². The molecule has 0 fully saturated rings. The van der Waals surface area contributed by atoms with Crippen LogP contribution in [-0.2, 0) is 26.3 Å². The second-order valence-electron chi connectivity index (χ2n) is 5.23. The number of esters is 1. The van der Waals surface area contributed by atoms with Crippen LogP contribution in [0, 0.1) is 0 Å². The molecule has 6 nitrogen and oxygen atoms in total. The molecule has 0 aromatic heterocycles. The molecule has 0 spiro atoms. The smallest absolute Gasteiger partial charge is 0.362 e. The third kappa shape index (κ3) is 7.22. The van der Waals surface area contributed by atoms with Crippen LogP contribution in [0.25, 0.3) is 0 Å². The fourth-order valence-electron chi connectivity index (χ4n) is 1.57. The summed E-state index contributed by atoms with van der Waals surface area (Å²) < 4.78 is 37.0. The number of benzene rings is 1. The average Bonchev–Trinajstić information content (AvgIpc) is 2.34. The number of likely N-dealkylation sites (N-methyl/N-ethyl adjacent to an activating group) is 1. The van der Waals surface area contributed by atoms with Gasteiger partial charge in [-0.15, -0.1) is 0 Å². The zero-order valence-electron chi connectivity index (χ0n) is 11.6. The molecule has 0 unspecified atom stereocenters. The number of hydrogen-bond acceptors (Lipinski definition) is 5. The highest BCUT2D eigenvalue weighted by Crippen LogP contribution is 2.03. The standard InChI is InChI=1S/C13H19NO5S/c1-14(2,8-9-20(16,17)18)10-13(15)19-11-12-6-4-3-5-7-12/h3-7H,8-11H2,1-2H3. The van der Waals surface area contributed by atoms with Gasteiger partial charge >= 0.3 is 5.97 Å². The highest BCUT2D eigenvalue weighted by Gasteiger charge is 2.22. The van der Waals surface area contributed by atoms with Crippen LogP contribution in [0.15, 0.2) is 30.3 Å². The van der Waals surface area contributed by atoms with Crippen LogP contribution in [0.4, 0.5) is 0 Å². The van der Waals surface area contributed by atoms with Crippen molar-refractivity contribution in [2.45, 2.75) is 6.61 Å². The Bertz CT molecular complexity index is 539. The van der Waals surface area contributed by atoms with Crippen molar-refractivity contribution in [1.82, 2.24) is 0 Å². The molecule has 20 heavy (non-hydrogen) atoms. The van der Waals surface area contributed by atoms with Gasteiger partial charge in [0, 0.05) is 0 Å². The summed E-state index contributed by atoms with van der Waals surface area (Å²) in [4.78, 5) is 11.7. The molecule has 0 heterocycles. The third-order valence-corrected chi connectivity index (χ3v) is 3.43. The Morgan fingerprint density at radius 3 is 2.40 bits per heavy atom. The molecular formula is C13H19NO5S. The molecule has 0 saturated heterocycles. The second-order valence-corrected chi connectivity index (χ2v) is 6.75. The summed E-state index contributed by atoms with van der Waals surface area (Å²) in [6, 6.07) is 9.26. The molecule has 0 bridgehead atoms. The van der Waals surface area contributed by atoms with Crippen LogP contribution in [0.5, 0.6) is 0 Å². The summed E-state index contributed by atoms with van der Waals surface area (Å²) >= 11 is 0. The molecule has 1 aromatic rings. The summed E-state index contributed by atoms with van der Waals surface area (Å²) in [7, 11) is -0.915. The number of ether oxygens (including phenoxy) is 1. The Kier molecular flexibility index (Phi) is 5.67. The first-order valence-corrected chi connectivity index (χ1v) is 7.71. The predicted octanol–water partition coefficient (Wildman–Crippen LogP) is 0.351. The minimum atomic E-state index is -4.27. The predicted molar refractivity (Wildman–Crippen MR) is 72.6 cm³/mol. The van der Waals surface area contributed by atoms with Crippen LogP contribution in [0.2, 0.25) is 0 Å².